The lowest BCUT2D eigenvalue weighted by atomic mass is 9.94. The Kier molecular flexibility index (Phi) is 4.54. The van der Waals surface area contributed by atoms with Gasteiger partial charge in [-0.3, -0.25) is 10.0 Å². The second-order valence-electron chi connectivity index (χ2n) is 5.85. The summed E-state index contributed by atoms with van der Waals surface area (Å²) < 4.78 is 0. The molecule has 114 valence electrons. The highest BCUT2D eigenvalue weighted by Crippen LogP contribution is 2.27. The average molecular weight is 295 g/mol. The summed E-state index contributed by atoms with van der Waals surface area (Å²) in [5.41, 5.74) is 2.41. The molecule has 0 unspecified atom stereocenters. The van der Waals surface area contributed by atoms with Gasteiger partial charge in [0, 0.05) is 5.56 Å². The fraction of sp³-hybridized carbons (Fsp3) is 0.316. The van der Waals surface area contributed by atoms with Crippen LogP contribution in [0.15, 0.2) is 54.6 Å². The first kappa shape index (κ1) is 14.8. The molecule has 0 atom stereocenters. The van der Waals surface area contributed by atoms with Crippen LogP contribution in [-0.4, -0.2) is 22.2 Å². The van der Waals surface area contributed by atoms with Crippen LogP contribution in [0.25, 0.3) is 11.1 Å². The molecule has 1 amide bonds. The van der Waals surface area contributed by atoms with Gasteiger partial charge in [0.1, 0.15) is 0 Å². The van der Waals surface area contributed by atoms with Crippen LogP contribution in [0.2, 0.25) is 0 Å². The largest absolute Gasteiger partial charge is 0.285 e. The molecule has 0 heterocycles. The minimum atomic E-state index is -0.300. The summed E-state index contributed by atoms with van der Waals surface area (Å²) in [5.74, 6) is -0.300. The predicted molar refractivity (Wildman–Crippen MR) is 86.7 cm³/mol. The van der Waals surface area contributed by atoms with Crippen LogP contribution in [-0.2, 0) is 0 Å². The number of hydrogen-bond donors (Lipinski definition) is 1. The van der Waals surface area contributed by atoms with Gasteiger partial charge in [0.25, 0.3) is 5.91 Å². The maximum atomic E-state index is 12.7. The molecule has 1 N–H and O–H groups in total. The Balaban J connectivity index is 1.89. The molecule has 3 nitrogen and oxygen atoms in total. The number of carbonyl (C=O) groups is 1. The van der Waals surface area contributed by atoms with Crippen molar-refractivity contribution >= 4 is 5.91 Å². The summed E-state index contributed by atoms with van der Waals surface area (Å²) in [5, 5.41) is 11.3. The van der Waals surface area contributed by atoms with Gasteiger partial charge in [-0.25, -0.2) is 5.06 Å². The Morgan fingerprint density at radius 3 is 2.27 bits per heavy atom. The molecule has 0 aromatic heterocycles. The molecule has 3 heteroatoms. The van der Waals surface area contributed by atoms with Crippen LogP contribution in [0.3, 0.4) is 0 Å². The van der Waals surface area contributed by atoms with Crippen molar-refractivity contribution in [3.63, 3.8) is 0 Å². The Bertz CT molecular complexity index is 633. The first-order valence-corrected chi connectivity index (χ1v) is 7.94. The van der Waals surface area contributed by atoms with Crippen molar-refractivity contribution in [3.05, 3.63) is 60.2 Å². The lowest BCUT2D eigenvalue weighted by Gasteiger charge is -2.29. The highest BCUT2D eigenvalue weighted by Gasteiger charge is 2.26. The van der Waals surface area contributed by atoms with E-state index in [0.29, 0.717) is 5.56 Å². The minimum Gasteiger partial charge on any atom is -0.285 e. The van der Waals surface area contributed by atoms with Crippen LogP contribution in [0, 0.1) is 0 Å². The van der Waals surface area contributed by atoms with Crippen molar-refractivity contribution in [3.8, 4) is 11.1 Å². The number of hydroxylamine groups is 2. The van der Waals surface area contributed by atoms with Gasteiger partial charge in [0.2, 0.25) is 0 Å². The zero-order valence-corrected chi connectivity index (χ0v) is 12.6. The van der Waals surface area contributed by atoms with Crippen molar-refractivity contribution in [2.24, 2.45) is 0 Å². The summed E-state index contributed by atoms with van der Waals surface area (Å²) >= 11 is 0. The summed E-state index contributed by atoms with van der Waals surface area (Å²) in [6.45, 7) is 0. The van der Waals surface area contributed by atoms with E-state index in [2.05, 4.69) is 0 Å². The summed E-state index contributed by atoms with van der Waals surface area (Å²) in [7, 11) is 0. The third-order valence-corrected chi connectivity index (χ3v) is 4.37. The number of amides is 1. The van der Waals surface area contributed by atoms with Crippen LogP contribution in [0.5, 0.6) is 0 Å². The SMILES string of the molecule is O=C(c1ccccc1-c1ccccc1)N(O)C1CCCCC1. The Labute approximate surface area is 131 Å². The van der Waals surface area contributed by atoms with E-state index in [1.165, 1.54) is 6.42 Å². The second-order valence-corrected chi connectivity index (χ2v) is 5.85. The number of hydrogen-bond acceptors (Lipinski definition) is 2. The molecule has 22 heavy (non-hydrogen) atoms. The Morgan fingerprint density at radius 2 is 1.55 bits per heavy atom. The van der Waals surface area contributed by atoms with E-state index in [0.717, 1.165) is 41.9 Å². The zero-order valence-electron chi connectivity index (χ0n) is 12.6. The molecular weight excluding hydrogens is 274 g/mol. The van der Waals surface area contributed by atoms with Gasteiger partial charge in [-0.15, -0.1) is 0 Å². The monoisotopic (exact) mass is 295 g/mol. The van der Waals surface area contributed by atoms with E-state index >= 15 is 0 Å². The number of benzene rings is 2. The lowest BCUT2D eigenvalue weighted by molar-refractivity contribution is -0.0963. The van der Waals surface area contributed by atoms with Crippen LogP contribution >= 0.6 is 0 Å². The van der Waals surface area contributed by atoms with Crippen LogP contribution < -0.4 is 0 Å². The fourth-order valence-corrected chi connectivity index (χ4v) is 3.15. The second kappa shape index (κ2) is 6.75. The summed E-state index contributed by atoms with van der Waals surface area (Å²) in [6.07, 6.45) is 5.12. The van der Waals surface area contributed by atoms with E-state index < -0.39 is 0 Å². The number of rotatable bonds is 3. The van der Waals surface area contributed by atoms with Crippen molar-refractivity contribution in [2.75, 3.05) is 0 Å². The predicted octanol–water partition coefficient (Wildman–Crippen LogP) is 4.52. The molecule has 0 bridgehead atoms. The van der Waals surface area contributed by atoms with E-state index in [4.69, 9.17) is 0 Å². The molecule has 2 aromatic rings. The molecule has 1 fully saturated rings. The van der Waals surface area contributed by atoms with E-state index in [1.54, 1.807) is 6.07 Å². The van der Waals surface area contributed by atoms with Crippen molar-refractivity contribution in [1.82, 2.24) is 5.06 Å². The van der Waals surface area contributed by atoms with Gasteiger partial charge < -0.3 is 0 Å². The molecular formula is C19H21NO2. The topological polar surface area (TPSA) is 40.5 Å². The van der Waals surface area contributed by atoms with E-state index in [9.17, 15) is 10.0 Å². The number of nitrogens with zero attached hydrogens (tertiary/aromatic N) is 1. The summed E-state index contributed by atoms with van der Waals surface area (Å²) in [6, 6.07) is 17.2. The minimum absolute atomic E-state index is 0.0509. The average Bonchev–Trinajstić information content (AvgIpc) is 2.62. The van der Waals surface area contributed by atoms with E-state index in [1.807, 2.05) is 48.5 Å². The Morgan fingerprint density at radius 1 is 0.909 bits per heavy atom. The maximum absolute atomic E-state index is 12.7. The third-order valence-electron chi connectivity index (χ3n) is 4.37. The van der Waals surface area contributed by atoms with Gasteiger partial charge in [0.15, 0.2) is 0 Å². The molecule has 0 radical (unpaired) electrons. The van der Waals surface area contributed by atoms with Crippen LogP contribution in [0.1, 0.15) is 42.5 Å². The van der Waals surface area contributed by atoms with Crippen molar-refractivity contribution in [2.45, 2.75) is 38.1 Å². The molecule has 3 rings (SSSR count). The van der Waals surface area contributed by atoms with Gasteiger partial charge >= 0.3 is 0 Å². The fourth-order valence-electron chi connectivity index (χ4n) is 3.15. The number of carbonyl (C=O) groups excluding carboxylic acids is 1. The third kappa shape index (κ3) is 3.04. The molecule has 1 aliphatic carbocycles. The maximum Gasteiger partial charge on any atom is 0.278 e. The molecule has 1 saturated carbocycles. The quantitative estimate of drug-likeness (QED) is 0.668. The molecule has 0 aliphatic heterocycles. The molecule has 0 spiro atoms. The van der Waals surface area contributed by atoms with Crippen LogP contribution in [0.4, 0.5) is 0 Å². The van der Waals surface area contributed by atoms with Gasteiger partial charge in [0.05, 0.1) is 6.04 Å². The van der Waals surface area contributed by atoms with Crippen molar-refractivity contribution in [1.29, 1.82) is 0 Å². The summed E-state index contributed by atoms with van der Waals surface area (Å²) in [4.78, 5) is 12.7. The lowest BCUT2D eigenvalue weighted by Crippen LogP contribution is -2.39. The smallest absolute Gasteiger partial charge is 0.278 e. The van der Waals surface area contributed by atoms with Gasteiger partial charge in [-0.1, -0.05) is 67.8 Å². The zero-order chi connectivity index (χ0) is 15.4. The first-order chi connectivity index (χ1) is 10.8. The van der Waals surface area contributed by atoms with Gasteiger partial charge in [-0.2, -0.15) is 0 Å². The van der Waals surface area contributed by atoms with Crippen molar-refractivity contribution < 1.29 is 10.0 Å². The molecule has 1 aliphatic rings. The molecule has 2 aromatic carbocycles. The molecule has 0 saturated heterocycles. The first-order valence-electron chi connectivity index (χ1n) is 7.94. The van der Waals surface area contributed by atoms with E-state index in [-0.39, 0.29) is 11.9 Å². The highest BCUT2D eigenvalue weighted by atomic mass is 16.5. The standard InChI is InChI=1S/C19H21NO2/c21-19(20(22)16-11-5-2-6-12-16)18-14-8-7-13-17(18)15-9-3-1-4-10-15/h1,3-4,7-10,13-14,16,22H,2,5-6,11-12H2. The normalized spacial score (nSPS) is 15.5. The van der Waals surface area contributed by atoms with Gasteiger partial charge in [-0.05, 0) is 30.0 Å². The Hall–Kier alpha value is -2.13. The highest BCUT2D eigenvalue weighted by molar-refractivity contribution is 6.00.